The molecular formula is C32H33N3O7. The highest BCUT2D eigenvalue weighted by molar-refractivity contribution is 6.39. The molecule has 0 spiro atoms. The van der Waals surface area contributed by atoms with Gasteiger partial charge in [-0.15, -0.1) is 0 Å². The number of urea groups is 1. The summed E-state index contributed by atoms with van der Waals surface area (Å²) in [5, 5.41) is 5.04. The molecule has 0 bridgehead atoms. The highest BCUT2D eigenvalue weighted by Gasteiger charge is 2.37. The lowest BCUT2D eigenvalue weighted by Gasteiger charge is -2.27. The Morgan fingerprint density at radius 3 is 2.36 bits per heavy atom. The van der Waals surface area contributed by atoms with Crippen LogP contribution in [0.2, 0.25) is 0 Å². The molecule has 0 atom stereocenters. The van der Waals surface area contributed by atoms with Gasteiger partial charge in [-0.05, 0) is 74.7 Å². The maximum Gasteiger partial charge on any atom is 0.335 e. The molecule has 42 heavy (non-hydrogen) atoms. The third-order valence-electron chi connectivity index (χ3n) is 6.27. The van der Waals surface area contributed by atoms with Gasteiger partial charge in [0.1, 0.15) is 11.3 Å². The zero-order valence-corrected chi connectivity index (χ0v) is 24.0. The van der Waals surface area contributed by atoms with Gasteiger partial charge < -0.3 is 19.5 Å². The van der Waals surface area contributed by atoms with Crippen LogP contribution < -0.4 is 29.7 Å². The van der Waals surface area contributed by atoms with E-state index in [0.717, 1.165) is 22.4 Å². The molecule has 1 aliphatic heterocycles. The third-order valence-corrected chi connectivity index (χ3v) is 6.27. The summed E-state index contributed by atoms with van der Waals surface area (Å²) in [6, 6.07) is 16.1. The molecule has 1 saturated heterocycles. The zero-order chi connectivity index (χ0) is 30.2. The monoisotopic (exact) mass is 571 g/mol. The summed E-state index contributed by atoms with van der Waals surface area (Å²) in [5.74, 6) is -0.596. The number of imide groups is 2. The molecular weight excluding hydrogens is 538 g/mol. The van der Waals surface area contributed by atoms with Gasteiger partial charge in [0.2, 0.25) is 0 Å². The Balaban J connectivity index is 1.46. The van der Waals surface area contributed by atoms with E-state index in [1.807, 2.05) is 45.9 Å². The summed E-state index contributed by atoms with van der Waals surface area (Å²) in [7, 11) is 0. The van der Waals surface area contributed by atoms with E-state index in [1.165, 1.54) is 12.1 Å². The fraction of sp³-hybridized carbons (Fsp3) is 0.250. The number of amides is 5. The number of anilines is 2. The molecule has 1 heterocycles. The van der Waals surface area contributed by atoms with Crippen molar-refractivity contribution in [2.24, 2.45) is 0 Å². The normalized spacial score (nSPS) is 14.0. The second-order valence-corrected chi connectivity index (χ2v) is 9.59. The van der Waals surface area contributed by atoms with E-state index >= 15 is 0 Å². The van der Waals surface area contributed by atoms with Crippen molar-refractivity contribution >= 4 is 41.2 Å². The van der Waals surface area contributed by atoms with E-state index < -0.39 is 17.8 Å². The van der Waals surface area contributed by atoms with E-state index in [9.17, 15) is 19.2 Å². The summed E-state index contributed by atoms with van der Waals surface area (Å²) in [4.78, 5) is 51.9. The molecule has 10 nitrogen and oxygen atoms in total. The van der Waals surface area contributed by atoms with Crippen LogP contribution in [0.1, 0.15) is 37.0 Å². The number of carbonyl (C=O) groups is 4. The number of nitrogens with one attached hydrogen (secondary N) is 2. The smallest absolute Gasteiger partial charge is 0.335 e. The van der Waals surface area contributed by atoms with Crippen LogP contribution in [0.25, 0.3) is 6.08 Å². The Morgan fingerprint density at radius 1 is 0.905 bits per heavy atom. The quantitative estimate of drug-likeness (QED) is 0.240. The van der Waals surface area contributed by atoms with Crippen molar-refractivity contribution in [3.05, 3.63) is 82.9 Å². The molecule has 1 aliphatic rings. The highest BCUT2D eigenvalue weighted by Crippen LogP contribution is 2.34. The number of aryl methyl sites for hydroxylation is 2. The fourth-order valence-electron chi connectivity index (χ4n) is 4.24. The van der Waals surface area contributed by atoms with Gasteiger partial charge in [0, 0.05) is 11.8 Å². The van der Waals surface area contributed by atoms with Crippen molar-refractivity contribution < 1.29 is 33.4 Å². The number of hydrogen-bond donors (Lipinski definition) is 2. The maximum atomic E-state index is 13.3. The van der Waals surface area contributed by atoms with Crippen LogP contribution in [0.3, 0.4) is 0 Å². The van der Waals surface area contributed by atoms with Crippen molar-refractivity contribution in [2.45, 2.75) is 34.1 Å². The van der Waals surface area contributed by atoms with Crippen molar-refractivity contribution in [3.8, 4) is 17.2 Å². The summed E-state index contributed by atoms with van der Waals surface area (Å²) >= 11 is 0. The van der Waals surface area contributed by atoms with Gasteiger partial charge in [0.15, 0.2) is 18.1 Å². The molecule has 0 aliphatic carbocycles. The minimum atomic E-state index is -0.866. The Hall–Kier alpha value is -5.12. The first-order chi connectivity index (χ1) is 20.2. The second kappa shape index (κ2) is 13.5. The molecule has 4 rings (SSSR count). The number of nitrogens with zero attached hydrogens (tertiary/aromatic N) is 1. The number of rotatable bonds is 11. The largest absolute Gasteiger partial charge is 0.490 e. The molecule has 218 valence electrons. The molecule has 2 N–H and O–H groups in total. The Bertz CT molecular complexity index is 1530. The van der Waals surface area contributed by atoms with E-state index in [4.69, 9.17) is 14.2 Å². The zero-order valence-electron chi connectivity index (χ0n) is 24.0. The lowest BCUT2D eigenvalue weighted by atomic mass is 10.1. The summed E-state index contributed by atoms with van der Waals surface area (Å²) in [6.45, 7) is 8.32. The predicted molar refractivity (Wildman–Crippen MR) is 159 cm³/mol. The van der Waals surface area contributed by atoms with Crippen molar-refractivity contribution in [1.82, 2.24) is 5.32 Å². The summed E-state index contributed by atoms with van der Waals surface area (Å²) in [5.41, 5.74) is 3.30. The summed E-state index contributed by atoms with van der Waals surface area (Å²) in [6.07, 6.45) is 2.18. The van der Waals surface area contributed by atoms with E-state index in [0.29, 0.717) is 41.7 Å². The average Bonchev–Trinajstić information content (AvgIpc) is 2.96. The van der Waals surface area contributed by atoms with Crippen LogP contribution in [0.15, 0.2) is 66.2 Å². The van der Waals surface area contributed by atoms with Gasteiger partial charge in [-0.3, -0.25) is 19.7 Å². The van der Waals surface area contributed by atoms with Gasteiger partial charge in [0.05, 0.1) is 18.9 Å². The lowest BCUT2D eigenvalue weighted by molar-refractivity contribution is -0.122. The molecule has 10 heteroatoms. The first-order valence-corrected chi connectivity index (χ1v) is 13.6. The highest BCUT2D eigenvalue weighted by atomic mass is 16.5. The van der Waals surface area contributed by atoms with Gasteiger partial charge in [-0.25, -0.2) is 9.69 Å². The molecule has 0 radical (unpaired) electrons. The van der Waals surface area contributed by atoms with E-state index in [-0.39, 0.29) is 23.8 Å². The minimum Gasteiger partial charge on any atom is -0.490 e. The van der Waals surface area contributed by atoms with Gasteiger partial charge in [0.25, 0.3) is 17.7 Å². The SMILES string of the molecule is CCCOc1ccc(N2C(=O)NC(=O)/C(=C\c3ccc(OCC(=O)Nc4ccc(C)cc4C)cc3)C2=O)cc1OCC. The van der Waals surface area contributed by atoms with Gasteiger partial charge >= 0.3 is 6.03 Å². The maximum absolute atomic E-state index is 13.3. The van der Waals surface area contributed by atoms with Crippen molar-refractivity contribution in [2.75, 3.05) is 30.0 Å². The molecule has 3 aromatic carbocycles. The molecule has 5 amide bonds. The van der Waals surface area contributed by atoms with Crippen LogP contribution in [0.5, 0.6) is 17.2 Å². The topological polar surface area (TPSA) is 123 Å². The lowest BCUT2D eigenvalue weighted by Crippen LogP contribution is -2.54. The van der Waals surface area contributed by atoms with Crippen LogP contribution in [0, 0.1) is 13.8 Å². The fourth-order valence-corrected chi connectivity index (χ4v) is 4.24. The van der Waals surface area contributed by atoms with Crippen molar-refractivity contribution in [1.29, 1.82) is 0 Å². The molecule has 1 fully saturated rings. The predicted octanol–water partition coefficient (Wildman–Crippen LogP) is 5.17. The number of barbiturate groups is 1. The molecule has 3 aromatic rings. The van der Waals surface area contributed by atoms with E-state index in [1.54, 1.807) is 36.4 Å². The van der Waals surface area contributed by atoms with Crippen molar-refractivity contribution in [3.63, 3.8) is 0 Å². The molecule has 0 saturated carbocycles. The Labute approximate surface area is 244 Å². The van der Waals surface area contributed by atoms with Crippen LogP contribution in [0.4, 0.5) is 16.2 Å². The Kier molecular flexibility index (Phi) is 9.59. The number of benzene rings is 3. The minimum absolute atomic E-state index is 0.197. The van der Waals surface area contributed by atoms with Crippen LogP contribution >= 0.6 is 0 Å². The van der Waals surface area contributed by atoms with E-state index in [2.05, 4.69) is 10.6 Å². The van der Waals surface area contributed by atoms with Crippen LogP contribution in [-0.2, 0) is 14.4 Å². The number of carbonyl (C=O) groups excluding carboxylic acids is 4. The standard InChI is InChI=1S/C32H33N3O7/c1-5-15-41-27-14-10-23(18-28(27)40-6-2)35-31(38)25(30(37)34-32(35)39)17-22-8-11-24(12-9-22)42-19-29(36)33-26-13-7-20(3)16-21(26)4/h7-14,16-18H,5-6,15,19H2,1-4H3,(H,33,36)(H,34,37,39)/b25-17+. The second-order valence-electron chi connectivity index (χ2n) is 9.59. The first-order valence-electron chi connectivity index (χ1n) is 13.6. The van der Waals surface area contributed by atoms with Gasteiger partial charge in [-0.1, -0.05) is 36.8 Å². The van der Waals surface area contributed by atoms with Crippen LogP contribution in [-0.4, -0.2) is 43.6 Å². The number of hydrogen-bond acceptors (Lipinski definition) is 7. The Morgan fingerprint density at radius 2 is 1.67 bits per heavy atom. The molecule has 0 unspecified atom stereocenters. The van der Waals surface area contributed by atoms with Gasteiger partial charge in [-0.2, -0.15) is 0 Å². The average molecular weight is 572 g/mol. The number of ether oxygens (including phenoxy) is 3. The molecule has 0 aromatic heterocycles. The first kappa shape index (κ1) is 29.9. The summed E-state index contributed by atoms with van der Waals surface area (Å²) < 4.78 is 16.9. The third kappa shape index (κ3) is 7.14.